The summed E-state index contributed by atoms with van der Waals surface area (Å²) in [7, 11) is 0. The molecule has 7 heteroatoms. The third kappa shape index (κ3) is 4.09. The van der Waals surface area contributed by atoms with E-state index in [0.717, 1.165) is 18.4 Å². The number of carbonyl (C=O) groups excluding carboxylic acids is 1. The van der Waals surface area contributed by atoms with Crippen LogP contribution in [-0.2, 0) is 13.2 Å². The van der Waals surface area contributed by atoms with Crippen molar-refractivity contribution in [1.82, 2.24) is 14.8 Å². The number of nitrogens with zero attached hydrogens (tertiary/aromatic N) is 3. The molecule has 7 nitrogen and oxygen atoms in total. The molecule has 2 aromatic heterocycles. The number of hydrogen-bond acceptors (Lipinski definition) is 6. The topological polar surface area (TPSA) is 97.1 Å². The highest BCUT2D eigenvalue weighted by atomic mass is 16.3. The maximum absolute atomic E-state index is 13.2. The standard InChI is InChI=1S/C22H22N4O3/c1-14(28)19-20(18-4-2-3-11-23-18)25-26(12-15-5-6-15)22(29)21(19)24-17-9-7-16(13-27)8-10-17/h2-4,7-11,15,24,27H,5-6,12-13H2,1H3. The number of aliphatic hydroxyl groups excluding tert-OH is 1. The second-order valence-corrected chi connectivity index (χ2v) is 7.28. The molecule has 3 aromatic rings. The molecule has 1 aliphatic rings. The van der Waals surface area contributed by atoms with Gasteiger partial charge in [0.05, 0.1) is 17.9 Å². The monoisotopic (exact) mass is 390 g/mol. The minimum atomic E-state index is -0.326. The molecule has 0 atom stereocenters. The van der Waals surface area contributed by atoms with Crippen molar-refractivity contribution in [1.29, 1.82) is 0 Å². The molecule has 0 radical (unpaired) electrons. The summed E-state index contributed by atoms with van der Waals surface area (Å²) < 4.78 is 1.44. The van der Waals surface area contributed by atoms with E-state index in [0.29, 0.717) is 29.5 Å². The number of rotatable bonds is 7. The highest BCUT2D eigenvalue weighted by molar-refractivity contribution is 6.05. The van der Waals surface area contributed by atoms with E-state index in [4.69, 9.17) is 0 Å². The SMILES string of the molecule is CC(=O)c1c(-c2ccccn2)nn(CC2CC2)c(=O)c1Nc1ccc(CO)cc1. The van der Waals surface area contributed by atoms with Crippen molar-refractivity contribution in [2.45, 2.75) is 32.9 Å². The minimum Gasteiger partial charge on any atom is -0.392 e. The molecule has 0 bridgehead atoms. The molecule has 1 fully saturated rings. The zero-order valence-electron chi connectivity index (χ0n) is 16.1. The molecule has 2 N–H and O–H groups in total. The molecule has 1 aliphatic carbocycles. The van der Waals surface area contributed by atoms with Crippen molar-refractivity contribution >= 4 is 17.2 Å². The summed E-state index contributed by atoms with van der Waals surface area (Å²) in [4.78, 5) is 30.1. The third-order valence-corrected chi connectivity index (χ3v) is 4.95. The van der Waals surface area contributed by atoms with Gasteiger partial charge in [0.1, 0.15) is 11.4 Å². The van der Waals surface area contributed by atoms with Crippen LogP contribution in [0, 0.1) is 5.92 Å². The number of aliphatic hydroxyl groups is 1. The van der Waals surface area contributed by atoms with Gasteiger partial charge in [0.25, 0.3) is 5.56 Å². The lowest BCUT2D eigenvalue weighted by molar-refractivity contribution is 0.101. The van der Waals surface area contributed by atoms with Gasteiger partial charge in [-0.3, -0.25) is 14.6 Å². The van der Waals surface area contributed by atoms with Crippen LogP contribution in [0.5, 0.6) is 0 Å². The van der Waals surface area contributed by atoms with Crippen molar-refractivity contribution in [2.24, 2.45) is 5.92 Å². The Morgan fingerprint density at radius 1 is 1.21 bits per heavy atom. The van der Waals surface area contributed by atoms with E-state index in [2.05, 4.69) is 15.4 Å². The summed E-state index contributed by atoms with van der Waals surface area (Å²) in [5.74, 6) is 0.181. The number of anilines is 2. The van der Waals surface area contributed by atoms with Gasteiger partial charge in [-0.1, -0.05) is 18.2 Å². The van der Waals surface area contributed by atoms with E-state index in [1.807, 2.05) is 6.07 Å². The zero-order chi connectivity index (χ0) is 20.4. The Morgan fingerprint density at radius 3 is 2.55 bits per heavy atom. The van der Waals surface area contributed by atoms with E-state index in [1.165, 1.54) is 11.6 Å². The van der Waals surface area contributed by atoms with E-state index in [-0.39, 0.29) is 29.2 Å². The highest BCUT2D eigenvalue weighted by Gasteiger charge is 2.27. The predicted octanol–water partition coefficient (Wildman–Crippen LogP) is 3.15. The fourth-order valence-electron chi connectivity index (χ4n) is 3.22. The second-order valence-electron chi connectivity index (χ2n) is 7.28. The van der Waals surface area contributed by atoms with E-state index >= 15 is 0 Å². The lowest BCUT2D eigenvalue weighted by atomic mass is 10.1. The van der Waals surface area contributed by atoms with Gasteiger partial charge in [0, 0.05) is 18.4 Å². The fraction of sp³-hybridized carbons (Fsp3) is 0.273. The molecular formula is C22H22N4O3. The van der Waals surface area contributed by atoms with Crippen LogP contribution in [0.25, 0.3) is 11.4 Å². The van der Waals surface area contributed by atoms with E-state index in [9.17, 15) is 14.7 Å². The van der Waals surface area contributed by atoms with Crippen LogP contribution in [0.2, 0.25) is 0 Å². The fourth-order valence-corrected chi connectivity index (χ4v) is 3.22. The smallest absolute Gasteiger partial charge is 0.291 e. The lowest BCUT2D eigenvalue weighted by Gasteiger charge is -2.16. The Morgan fingerprint density at radius 2 is 1.97 bits per heavy atom. The number of carbonyl (C=O) groups is 1. The maximum atomic E-state index is 13.2. The number of ketones is 1. The number of aromatic nitrogens is 3. The summed E-state index contributed by atoms with van der Waals surface area (Å²) in [6.07, 6.45) is 3.79. The van der Waals surface area contributed by atoms with Gasteiger partial charge in [0.15, 0.2) is 5.78 Å². The van der Waals surface area contributed by atoms with Gasteiger partial charge in [0.2, 0.25) is 0 Å². The molecule has 148 valence electrons. The van der Waals surface area contributed by atoms with Crippen LogP contribution in [0.1, 0.15) is 35.7 Å². The Labute approximate surface area is 168 Å². The molecule has 2 heterocycles. The Bertz CT molecular complexity index is 1090. The first-order chi connectivity index (χ1) is 14.1. The zero-order valence-corrected chi connectivity index (χ0v) is 16.1. The average molecular weight is 390 g/mol. The first-order valence-corrected chi connectivity index (χ1v) is 9.61. The minimum absolute atomic E-state index is 0.0632. The summed E-state index contributed by atoms with van der Waals surface area (Å²) in [5.41, 5.74) is 2.45. The molecule has 0 amide bonds. The second kappa shape index (κ2) is 7.97. The number of hydrogen-bond donors (Lipinski definition) is 2. The molecular weight excluding hydrogens is 368 g/mol. The van der Waals surface area contributed by atoms with Gasteiger partial charge in [-0.2, -0.15) is 5.10 Å². The first kappa shape index (κ1) is 19.0. The van der Waals surface area contributed by atoms with Gasteiger partial charge in [-0.05, 0) is 55.5 Å². The quantitative estimate of drug-likeness (QED) is 0.602. The molecule has 1 saturated carbocycles. The van der Waals surface area contributed by atoms with Gasteiger partial charge < -0.3 is 10.4 Å². The van der Waals surface area contributed by atoms with Crippen LogP contribution >= 0.6 is 0 Å². The van der Waals surface area contributed by atoms with Crippen LogP contribution in [0.3, 0.4) is 0 Å². The Kier molecular flexibility index (Phi) is 5.22. The molecule has 0 aliphatic heterocycles. The Balaban J connectivity index is 1.88. The van der Waals surface area contributed by atoms with Gasteiger partial charge in [-0.25, -0.2) is 4.68 Å². The first-order valence-electron chi connectivity index (χ1n) is 9.61. The molecule has 0 saturated heterocycles. The van der Waals surface area contributed by atoms with Crippen LogP contribution in [0.4, 0.5) is 11.4 Å². The predicted molar refractivity (Wildman–Crippen MR) is 110 cm³/mol. The van der Waals surface area contributed by atoms with Crippen LogP contribution in [-0.4, -0.2) is 25.7 Å². The van der Waals surface area contributed by atoms with Crippen molar-refractivity contribution in [3.8, 4) is 11.4 Å². The lowest BCUT2D eigenvalue weighted by Crippen LogP contribution is -2.29. The van der Waals surface area contributed by atoms with Crippen molar-refractivity contribution in [3.63, 3.8) is 0 Å². The van der Waals surface area contributed by atoms with Gasteiger partial charge in [-0.15, -0.1) is 0 Å². The average Bonchev–Trinajstić information content (AvgIpc) is 3.55. The molecule has 29 heavy (non-hydrogen) atoms. The summed E-state index contributed by atoms with van der Waals surface area (Å²) in [6.45, 7) is 1.88. The summed E-state index contributed by atoms with van der Waals surface area (Å²) in [5, 5.41) is 16.9. The number of benzene rings is 1. The number of pyridine rings is 1. The molecule has 4 rings (SSSR count). The van der Waals surface area contributed by atoms with Crippen LogP contribution in [0.15, 0.2) is 53.5 Å². The van der Waals surface area contributed by atoms with Gasteiger partial charge >= 0.3 is 0 Å². The third-order valence-electron chi connectivity index (χ3n) is 4.95. The molecule has 0 unspecified atom stereocenters. The van der Waals surface area contributed by atoms with Crippen LogP contribution < -0.4 is 10.9 Å². The number of Topliss-reactive ketones (excluding diaryl/α,β-unsaturated/α-hetero) is 1. The number of nitrogens with one attached hydrogen (secondary N) is 1. The highest BCUT2D eigenvalue weighted by Crippen LogP contribution is 2.31. The van der Waals surface area contributed by atoms with Crippen molar-refractivity contribution in [3.05, 3.63) is 70.1 Å². The largest absolute Gasteiger partial charge is 0.392 e. The summed E-state index contributed by atoms with van der Waals surface area (Å²) >= 11 is 0. The normalized spacial score (nSPS) is 13.3. The summed E-state index contributed by atoms with van der Waals surface area (Å²) in [6, 6.07) is 12.4. The van der Waals surface area contributed by atoms with E-state index in [1.54, 1.807) is 42.6 Å². The van der Waals surface area contributed by atoms with Crippen molar-refractivity contribution < 1.29 is 9.90 Å². The Hall–Kier alpha value is -3.32. The van der Waals surface area contributed by atoms with Crippen molar-refractivity contribution in [2.75, 3.05) is 5.32 Å². The maximum Gasteiger partial charge on any atom is 0.291 e. The molecule has 0 spiro atoms. The van der Waals surface area contributed by atoms with E-state index < -0.39 is 0 Å². The molecule has 1 aromatic carbocycles.